The molecule has 2 aromatic carbocycles. The van der Waals surface area contributed by atoms with E-state index in [0.29, 0.717) is 23.8 Å². The monoisotopic (exact) mass is 390 g/mol. The zero-order valence-corrected chi connectivity index (χ0v) is 16.1. The van der Waals surface area contributed by atoms with Gasteiger partial charge in [0.05, 0.1) is 19.3 Å². The van der Waals surface area contributed by atoms with Crippen LogP contribution >= 0.6 is 11.6 Å². The van der Waals surface area contributed by atoms with Crippen molar-refractivity contribution in [3.8, 4) is 0 Å². The van der Waals surface area contributed by atoms with Crippen LogP contribution in [0.5, 0.6) is 0 Å². The molecular formula is C22H19ClN4O. The van der Waals surface area contributed by atoms with E-state index in [1.807, 2.05) is 54.7 Å². The van der Waals surface area contributed by atoms with E-state index in [-0.39, 0.29) is 5.56 Å². The number of fused-ring (bicyclic) bond motifs is 1. The molecule has 0 aliphatic carbocycles. The topological polar surface area (TPSA) is 42.5 Å². The Hall–Kier alpha value is -2.94. The second kappa shape index (κ2) is 7.97. The molecule has 0 fully saturated rings. The first-order valence-electron chi connectivity index (χ1n) is 9.13. The van der Waals surface area contributed by atoms with Gasteiger partial charge in [0.2, 0.25) is 0 Å². The maximum Gasteiger partial charge on any atom is 0.271 e. The standard InChI is InChI=1S/C22H19ClN4O/c1-24-20-4-2-3-17(11-20)13-26-10-9-18-12-25-27(22(28)21(18)15-26)14-16-5-7-19(23)8-6-16/h2-8,11-12H,9-10,13-15H2. The van der Waals surface area contributed by atoms with Crippen molar-refractivity contribution in [1.29, 1.82) is 0 Å². The molecule has 0 N–H and O–H groups in total. The third kappa shape index (κ3) is 3.99. The van der Waals surface area contributed by atoms with Crippen molar-refractivity contribution in [2.75, 3.05) is 6.54 Å². The molecule has 0 unspecified atom stereocenters. The molecule has 0 amide bonds. The molecule has 0 saturated carbocycles. The largest absolute Gasteiger partial charge is 0.294 e. The second-order valence-corrected chi connectivity index (χ2v) is 7.42. The molecule has 3 aromatic rings. The van der Waals surface area contributed by atoms with Gasteiger partial charge in [-0.3, -0.25) is 9.69 Å². The van der Waals surface area contributed by atoms with Gasteiger partial charge in [-0.1, -0.05) is 48.0 Å². The number of hydrogen-bond donors (Lipinski definition) is 0. The van der Waals surface area contributed by atoms with E-state index >= 15 is 0 Å². The first-order valence-corrected chi connectivity index (χ1v) is 9.51. The highest BCUT2D eigenvalue weighted by atomic mass is 35.5. The van der Waals surface area contributed by atoms with Gasteiger partial charge in [0.15, 0.2) is 5.69 Å². The number of halogens is 1. The molecule has 0 saturated heterocycles. The maximum absolute atomic E-state index is 13.0. The third-order valence-corrected chi connectivity index (χ3v) is 5.26. The Morgan fingerprint density at radius 1 is 1.11 bits per heavy atom. The number of hydrogen-bond acceptors (Lipinski definition) is 3. The lowest BCUT2D eigenvalue weighted by molar-refractivity contribution is 0.242. The Kier molecular flexibility index (Phi) is 5.25. The average molecular weight is 391 g/mol. The van der Waals surface area contributed by atoms with Crippen molar-refractivity contribution in [3.05, 3.63) is 104 Å². The molecule has 1 aliphatic heterocycles. The minimum atomic E-state index is -0.0351. The van der Waals surface area contributed by atoms with Gasteiger partial charge in [0.25, 0.3) is 5.56 Å². The summed E-state index contributed by atoms with van der Waals surface area (Å²) in [6, 6.07) is 15.1. The predicted molar refractivity (Wildman–Crippen MR) is 110 cm³/mol. The van der Waals surface area contributed by atoms with Crippen LogP contribution in [0.2, 0.25) is 5.02 Å². The normalized spacial score (nSPS) is 13.7. The van der Waals surface area contributed by atoms with Crippen molar-refractivity contribution >= 4 is 17.3 Å². The Morgan fingerprint density at radius 2 is 1.93 bits per heavy atom. The van der Waals surface area contributed by atoms with Gasteiger partial charge in [-0.05, 0) is 35.2 Å². The van der Waals surface area contributed by atoms with Crippen LogP contribution in [0.25, 0.3) is 4.85 Å². The Morgan fingerprint density at radius 3 is 2.71 bits per heavy atom. The summed E-state index contributed by atoms with van der Waals surface area (Å²) >= 11 is 5.94. The van der Waals surface area contributed by atoms with E-state index in [1.165, 1.54) is 4.68 Å². The Balaban J connectivity index is 1.54. The number of nitrogens with zero attached hydrogens (tertiary/aromatic N) is 4. The molecule has 5 nitrogen and oxygen atoms in total. The van der Waals surface area contributed by atoms with Crippen LogP contribution in [-0.4, -0.2) is 21.2 Å². The van der Waals surface area contributed by atoms with Crippen molar-refractivity contribution in [1.82, 2.24) is 14.7 Å². The zero-order valence-electron chi connectivity index (χ0n) is 15.3. The first kappa shape index (κ1) is 18.4. The van der Waals surface area contributed by atoms with E-state index in [2.05, 4.69) is 14.8 Å². The van der Waals surface area contributed by atoms with E-state index in [1.54, 1.807) is 0 Å². The highest BCUT2D eigenvalue weighted by molar-refractivity contribution is 6.30. The Labute approximate surface area is 168 Å². The lowest BCUT2D eigenvalue weighted by Crippen LogP contribution is -2.37. The maximum atomic E-state index is 13.0. The summed E-state index contributed by atoms with van der Waals surface area (Å²) in [6.07, 6.45) is 2.63. The first-order chi connectivity index (χ1) is 13.6. The highest BCUT2D eigenvalue weighted by Crippen LogP contribution is 2.20. The van der Waals surface area contributed by atoms with Gasteiger partial charge < -0.3 is 0 Å². The van der Waals surface area contributed by atoms with Gasteiger partial charge in [-0.25, -0.2) is 9.53 Å². The summed E-state index contributed by atoms with van der Waals surface area (Å²) in [5.41, 5.74) is 4.53. The molecule has 0 radical (unpaired) electrons. The fourth-order valence-corrected chi connectivity index (χ4v) is 3.65. The van der Waals surface area contributed by atoms with Gasteiger partial charge in [0, 0.05) is 30.2 Å². The van der Waals surface area contributed by atoms with E-state index < -0.39 is 0 Å². The van der Waals surface area contributed by atoms with Gasteiger partial charge in [-0.2, -0.15) is 5.10 Å². The van der Waals surface area contributed by atoms with Crippen LogP contribution in [0.3, 0.4) is 0 Å². The van der Waals surface area contributed by atoms with Crippen LogP contribution in [0.1, 0.15) is 22.3 Å². The molecule has 2 heterocycles. The smallest absolute Gasteiger partial charge is 0.271 e. The Bertz CT molecular complexity index is 1100. The lowest BCUT2D eigenvalue weighted by atomic mass is 10.0. The van der Waals surface area contributed by atoms with Crippen LogP contribution in [0.4, 0.5) is 5.69 Å². The van der Waals surface area contributed by atoms with Crippen molar-refractivity contribution in [2.45, 2.75) is 26.1 Å². The van der Waals surface area contributed by atoms with Crippen LogP contribution in [-0.2, 0) is 26.1 Å². The second-order valence-electron chi connectivity index (χ2n) is 6.98. The quantitative estimate of drug-likeness (QED) is 0.631. The molecule has 1 aromatic heterocycles. The molecule has 28 heavy (non-hydrogen) atoms. The lowest BCUT2D eigenvalue weighted by Gasteiger charge is -2.28. The minimum absolute atomic E-state index is 0.0351. The van der Waals surface area contributed by atoms with Crippen LogP contribution < -0.4 is 5.56 Å². The average Bonchev–Trinajstić information content (AvgIpc) is 2.72. The summed E-state index contributed by atoms with van der Waals surface area (Å²) in [6.45, 7) is 9.79. The minimum Gasteiger partial charge on any atom is -0.294 e. The molecule has 140 valence electrons. The van der Waals surface area contributed by atoms with E-state index in [4.69, 9.17) is 18.2 Å². The number of rotatable bonds is 4. The van der Waals surface area contributed by atoms with Crippen molar-refractivity contribution < 1.29 is 0 Å². The molecule has 0 atom stereocenters. The van der Waals surface area contributed by atoms with Crippen molar-refractivity contribution in [2.24, 2.45) is 0 Å². The van der Waals surface area contributed by atoms with Crippen molar-refractivity contribution in [3.63, 3.8) is 0 Å². The molecule has 6 heteroatoms. The molecule has 0 spiro atoms. The fraction of sp³-hybridized carbons (Fsp3) is 0.227. The highest BCUT2D eigenvalue weighted by Gasteiger charge is 2.21. The third-order valence-electron chi connectivity index (χ3n) is 5.00. The molecular weight excluding hydrogens is 372 g/mol. The fourth-order valence-electron chi connectivity index (χ4n) is 3.52. The molecule has 0 bridgehead atoms. The zero-order chi connectivity index (χ0) is 19.5. The molecule has 4 rings (SSSR count). The SMILES string of the molecule is [C-]#[N+]c1cccc(CN2CCc3cnn(Cc4ccc(Cl)cc4)c(=O)c3C2)c1. The van der Waals surface area contributed by atoms with Gasteiger partial charge in [0.1, 0.15) is 0 Å². The summed E-state index contributed by atoms with van der Waals surface area (Å²) in [7, 11) is 0. The van der Waals surface area contributed by atoms with Crippen LogP contribution in [0, 0.1) is 6.57 Å². The summed E-state index contributed by atoms with van der Waals surface area (Å²) in [4.78, 5) is 18.7. The summed E-state index contributed by atoms with van der Waals surface area (Å²) < 4.78 is 1.52. The molecule has 1 aliphatic rings. The van der Waals surface area contributed by atoms with Gasteiger partial charge >= 0.3 is 0 Å². The van der Waals surface area contributed by atoms with Crippen LogP contribution in [0.15, 0.2) is 59.5 Å². The number of aromatic nitrogens is 2. The number of benzene rings is 2. The van der Waals surface area contributed by atoms with E-state index in [9.17, 15) is 4.79 Å². The summed E-state index contributed by atoms with van der Waals surface area (Å²) in [5, 5.41) is 5.03. The predicted octanol–water partition coefficient (Wildman–Crippen LogP) is 4.05. The van der Waals surface area contributed by atoms with E-state index in [0.717, 1.165) is 41.8 Å². The summed E-state index contributed by atoms with van der Waals surface area (Å²) in [5.74, 6) is 0. The van der Waals surface area contributed by atoms with Gasteiger partial charge in [-0.15, -0.1) is 0 Å².